The highest BCUT2D eigenvalue weighted by atomic mass is 32.2. The highest BCUT2D eigenvalue weighted by Gasteiger charge is 2.63. The van der Waals surface area contributed by atoms with Gasteiger partial charge in [0.15, 0.2) is 0 Å². The second-order valence-electron chi connectivity index (χ2n) is 17.9. The number of nitrogens with one attached hydrogen (secondary N) is 3. The lowest BCUT2D eigenvalue weighted by Crippen LogP contribution is -2.58. The number of aromatic nitrogens is 2. The zero-order valence-electron chi connectivity index (χ0n) is 36.0. The molecule has 330 valence electrons. The maximum atomic E-state index is 14.9. The van der Waals surface area contributed by atoms with Gasteiger partial charge in [0.2, 0.25) is 21.8 Å². The van der Waals surface area contributed by atoms with E-state index >= 15 is 0 Å². The minimum absolute atomic E-state index is 0.0234. The minimum Gasteiger partial charge on any atom is -0.496 e. The van der Waals surface area contributed by atoms with Crippen molar-refractivity contribution in [3.05, 3.63) is 76.6 Å². The molecule has 3 amide bonds. The van der Waals surface area contributed by atoms with Crippen LogP contribution >= 0.6 is 11.3 Å². The average molecular weight is 887 g/mol. The SMILES string of the molecule is COc1ccc2c(O[C@@H]3C[C@H]4C(=O)N[C@]5(C(=O)NS(=O)(=O)C6(C)CC6)C[C@@H]5/C=C\CCCCC[C@H](Nc5cc(C)cc(F)c5)C(=O)N4C3)cc(-c3nc(C(C)C)cs3)nc2c1C. The van der Waals surface area contributed by atoms with Gasteiger partial charge in [0.05, 0.1) is 29.6 Å². The molecule has 0 bridgehead atoms. The minimum atomic E-state index is -4.01. The van der Waals surface area contributed by atoms with Crippen molar-refractivity contribution in [2.24, 2.45) is 5.92 Å². The Morgan fingerprint density at radius 3 is 2.56 bits per heavy atom. The number of fused-ring (bicyclic) bond motifs is 3. The lowest BCUT2D eigenvalue weighted by Gasteiger charge is -2.30. The Kier molecular flexibility index (Phi) is 11.9. The first-order chi connectivity index (χ1) is 29.5. The van der Waals surface area contributed by atoms with Gasteiger partial charge < -0.3 is 25.0 Å². The van der Waals surface area contributed by atoms with E-state index in [1.165, 1.54) is 28.4 Å². The summed E-state index contributed by atoms with van der Waals surface area (Å²) in [5.74, 6) is -1.26. The predicted octanol–water partition coefficient (Wildman–Crippen LogP) is 7.47. The molecule has 13 nitrogen and oxygen atoms in total. The summed E-state index contributed by atoms with van der Waals surface area (Å²) in [6, 6.07) is 8.20. The van der Waals surface area contributed by atoms with Gasteiger partial charge in [-0.25, -0.2) is 22.8 Å². The molecule has 4 aliphatic rings. The Hall–Kier alpha value is -5.09. The molecule has 2 aliphatic heterocycles. The van der Waals surface area contributed by atoms with E-state index in [4.69, 9.17) is 19.4 Å². The Labute approximate surface area is 366 Å². The van der Waals surface area contributed by atoms with E-state index in [1.54, 1.807) is 27.0 Å². The number of thiazole rings is 1. The van der Waals surface area contributed by atoms with Gasteiger partial charge in [-0.1, -0.05) is 38.8 Å². The third kappa shape index (κ3) is 8.64. The van der Waals surface area contributed by atoms with Crippen LogP contribution in [0.25, 0.3) is 21.6 Å². The number of nitrogens with zero attached hydrogens (tertiary/aromatic N) is 3. The van der Waals surface area contributed by atoms with Gasteiger partial charge in [0, 0.05) is 40.4 Å². The molecular formula is C46H55FN6O7S2. The summed E-state index contributed by atoms with van der Waals surface area (Å²) in [7, 11) is -2.40. The third-order valence-corrected chi connectivity index (χ3v) is 15.9. The van der Waals surface area contributed by atoms with Crippen LogP contribution in [0.4, 0.5) is 10.1 Å². The van der Waals surface area contributed by atoms with Crippen molar-refractivity contribution in [3.63, 3.8) is 0 Å². The Morgan fingerprint density at radius 1 is 1.06 bits per heavy atom. The maximum absolute atomic E-state index is 14.9. The number of hydrogen-bond acceptors (Lipinski definition) is 11. The van der Waals surface area contributed by atoms with Crippen molar-refractivity contribution >= 4 is 55.7 Å². The zero-order chi connectivity index (χ0) is 44.1. The quantitative estimate of drug-likeness (QED) is 0.136. The van der Waals surface area contributed by atoms with Crippen LogP contribution in [0.3, 0.4) is 0 Å². The molecule has 3 fully saturated rings. The number of allylic oxidation sites excluding steroid dienone is 1. The number of hydrogen-bond donors (Lipinski definition) is 3. The molecule has 5 atom stereocenters. The molecule has 2 aromatic heterocycles. The van der Waals surface area contributed by atoms with Crippen LogP contribution in [-0.4, -0.2) is 83.1 Å². The van der Waals surface area contributed by atoms with Crippen molar-refractivity contribution in [2.45, 2.75) is 127 Å². The Morgan fingerprint density at radius 2 is 1.85 bits per heavy atom. The van der Waals surface area contributed by atoms with E-state index in [-0.39, 0.29) is 31.2 Å². The summed E-state index contributed by atoms with van der Waals surface area (Å²) in [6.07, 6.45) is 7.77. The van der Waals surface area contributed by atoms with E-state index in [1.807, 2.05) is 42.7 Å². The number of carbonyl (C=O) groups excluding carboxylic acids is 3. The van der Waals surface area contributed by atoms with Crippen molar-refractivity contribution in [2.75, 3.05) is 19.0 Å². The Balaban J connectivity index is 1.16. The second-order valence-corrected chi connectivity index (χ2v) is 21.0. The van der Waals surface area contributed by atoms with Crippen molar-refractivity contribution < 1.29 is 36.7 Å². The number of pyridine rings is 1. The second kappa shape index (κ2) is 16.9. The number of aryl methyl sites for hydroxylation is 2. The fraction of sp³-hybridized carbons (Fsp3) is 0.500. The molecule has 2 saturated carbocycles. The van der Waals surface area contributed by atoms with Gasteiger partial charge in [0.1, 0.15) is 51.7 Å². The highest BCUT2D eigenvalue weighted by molar-refractivity contribution is 7.91. The van der Waals surface area contributed by atoms with E-state index < -0.39 is 62.0 Å². The number of amides is 3. The Bertz CT molecular complexity index is 2540. The first-order valence-corrected chi connectivity index (χ1v) is 23.9. The van der Waals surface area contributed by atoms with Gasteiger partial charge >= 0.3 is 0 Å². The fourth-order valence-corrected chi connectivity index (χ4v) is 10.9. The van der Waals surface area contributed by atoms with Gasteiger partial charge in [-0.3, -0.25) is 19.1 Å². The summed E-state index contributed by atoms with van der Waals surface area (Å²) >= 11 is 1.48. The first kappa shape index (κ1) is 43.6. The highest BCUT2D eigenvalue weighted by Crippen LogP contribution is 2.48. The topological polar surface area (TPSA) is 169 Å². The molecule has 16 heteroatoms. The summed E-state index contributed by atoms with van der Waals surface area (Å²) in [5.41, 5.74) is 2.62. The molecule has 0 spiro atoms. The molecule has 3 N–H and O–H groups in total. The van der Waals surface area contributed by atoms with E-state index in [9.17, 15) is 27.2 Å². The molecule has 2 aromatic carbocycles. The van der Waals surface area contributed by atoms with Crippen LogP contribution in [0.15, 0.2) is 53.9 Å². The molecule has 0 radical (unpaired) electrons. The van der Waals surface area contributed by atoms with Gasteiger partial charge in [-0.05, 0) is 101 Å². The molecule has 4 aromatic rings. The molecule has 62 heavy (non-hydrogen) atoms. The summed E-state index contributed by atoms with van der Waals surface area (Å²) in [4.78, 5) is 55.1. The summed E-state index contributed by atoms with van der Waals surface area (Å²) in [6.45, 7) is 9.48. The third-order valence-electron chi connectivity index (χ3n) is 12.9. The van der Waals surface area contributed by atoms with E-state index in [2.05, 4.69) is 29.2 Å². The van der Waals surface area contributed by atoms with E-state index in [0.29, 0.717) is 76.5 Å². The maximum Gasteiger partial charge on any atom is 0.259 e. The molecule has 0 unspecified atom stereocenters. The zero-order valence-corrected chi connectivity index (χ0v) is 37.7. The number of anilines is 1. The lowest BCUT2D eigenvalue weighted by molar-refractivity contribution is -0.140. The normalized spacial score (nSPS) is 25.5. The number of rotatable bonds is 10. The number of halogens is 1. The monoisotopic (exact) mass is 886 g/mol. The van der Waals surface area contributed by atoms with Crippen LogP contribution in [0, 0.1) is 25.6 Å². The number of sulfonamides is 1. The molecule has 4 heterocycles. The van der Waals surface area contributed by atoms with Crippen molar-refractivity contribution in [1.29, 1.82) is 0 Å². The van der Waals surface area contributed by atoms with Gasteiger partial charge in [-0.2, -0.15) is 0 Å². The number of methoxy groups -OCH3 is 1. The van der Waals surface area contributed by atoms with Crippen LogP contribution in [-0.2, 0) is 24.4 Å². The fourth-order valence-electron chi connectivity index (χ4n) is 8.62. The van der Waals surface area contributed by atoms with Crippen LogP contribution in [0.5, 0.6) is 11.5 Å². The molecule has 2 aliphatic carbocycles. The van der Waals surface area contributed by atoms with E-state index in [0.717, 1.165) is 24.1 Å². The molecule has 1 saturated heterocycles. The lowest BCUT2D eigenvalue weighted by atomic mass is 10.0. The van der Waals surface area contributed by atoms with Crippen molar-refractivity contribution in [3.8, 4) is 22.2 Å². The predicted molar refractivity (Wildman–Crippen MR) is 237 cm³/mol. The van der Waals surface area contributed by atoms with Crippen LogP contribution in [0.1, 0.15) is 101 Å². The summed E-state index contributed by atoms with van der Waals surface area (Å²) < 4.78 is 55.0. The average Bonchev–Trinajstić information content (AvgIpc) is 3.99. The standard InChI is InChI=1S/C46H55FN6O7S2/c1-26(2)36-25-61-42(50-36)35-22-39(33-14-15-38(59-6)28(4)40(33)49-35)60-32-21-37-41(54)51-46(44(56)52-62(57,58)45(5)16-17-45)23-29(46)12-10-8-7-9-11-13-34(43(55)53(37)24-32)48-31-19-27(3)18-30(47)20-31/h10,12,14-15,18-20,22,25-26,29,32,34,37,48H,7-9,11,13,16-17,21,23-24H2,1-6H3,(H,51,54)(H,52,56)/b12-10-/t29-,32+,34-,37-,46+/m0/s1. The molecule has 8 rings (SSSR count). The number of benzene rings is 2. The van der Waals surface area contributed by atoms with Crippen LogP contribution < -0.4 is 24.8 Å². The smallest absolute Gasteiger partial charge is 0.259 e. The van der Waals surface area contributed by atoms with Gasteiger partial charge in [0.25, 0.3) is 5.91 Å². The van der Waals surface area contributed by atoms with Crippen molar-refractivity contribution in [1.82, 2.24) is 24.9 Å². The largest absolute Gasteiger partial charge is 0.496 e. The first-order valence-electron chi connectivity index (χ1n) is 21.5. The van der Waals surface area contributed by atoms with Crippen LogP contribution in [0.2, 0.25) is 0 Å². The molecular weight excluding hydrogens is 832 g/mol. The van der Waals surface area contributed by atoms with Gasteiger partial charge in [-0.15, -0.1) is 11.3 Å². The summed E-state index contributed by atoms with van der Waals surface area (Å²) in [5, 5.41) is 9.69. The number of carbonyl (C=O) groups is 3. The number of ether oxygens (including phenoxy) is 2.